The first-order chi connectivity index (χ1) is 10.6. The summed E-state index contributed by atoms with van der Waals surface area (Å²) in [4.78, 5) is 15.9. The zero-order chi connectivity index (χ0) is 15.5. The van der Waals surface area contributed by atoms with Crippen LogP contribution in [-0.4, -0.2) is 30.4 Å². The van der Waals surface area contributed by atoms with Crippen molar-refractivity contribution in [2.45, 2.75) is 6.54 Å². The fraction of sp³-hybridized carbons (Fsp3) is 0.235. The Morgan fingerprint density at radius 3 is 2.27 bits per heavy atom. The van der Waals surface area contributed by atoms with E-state index in [0.29, 0.717) is 25.2 Å². The molecule has 1 aliphatic heterocycles. The second kappa shape index (κ2) is 6.23. The van der Waals surface area contributed by atoms with Crippen LogP contribution in [0.5, 0.6) is 0 Å². The maximum atomic E-state index is 13.2. The summed E-state index contributed by atoms with van der Waals surface area (Å²) in [5.41, 5.74) is 1.42. The standard InChI is InChI=1S/C17H16F2N2O/c18-14-8-13(9-15(19)10-14)11-20-6-7-21(17(22)12-20)16-4-2-1-3-5-16/h1-5,8-10H,6-7,11-12H2. The van der Waals surface area contributed by atoms with Crippen LogP contribution in [0.2, 0.25) is 0 Å². The molecule has 3 rings (SSSR count). The third-order valence-electron chi connectivity index (χ3n) is 3.70. The number of benzene rings is 2. The molecule has 0 radical (unpaired) electrons. The lowest BCUT2D eigenvalue weighted by atomic mass is 10.1. The van der Waals surface area contributed by atoms with Crippen LogP contribution in [-0.2, 0) is 11.3 Å². The van der Waals surface area contributed by atoms with Crippen molar-refractivity contribution in [1.82, 2.24) is 4.90 Å². The predicted octanol–water partition coefficient (Wildman–Crippen LogP) is 2.81. The van der Waals surface area contributed by atoms with Crippen molar-refractivity contribution in [3.63, 3.8) is 0 Å². The van der Waals surface area contributed by atoms with Crippen LogP contribution in [0.1, 0.15) is 5.56 Å². The zero-order valence-corrected chi connectivity index (χ0v) is 12.0. The van der Waals surface area contributed by atoms with E-state index in [0.717, 1.165) is 11.8 Å². The first-order valence-corrected chi connectivity index (χ1v) is 7.14. The number of hydrogen-bond donors (Lipinski definition) is 0. The van der Waals surface area contributed by atoms with E-state index >= 15 is 0 Å². The molecule has 0 atom stereocenters. The van der Waals surface area contributed by atoms with Crippen molar-refractivity contribution < 1.29 is 13.6 Å². The Hall–Kier alpha value is -2.27. The van der Waals surface area contributed by atoms with Crippen LogP contribution in [0.15, 0.2) is 48.5 Å². The molecule has 2 aromatic rings. The molecular weight excluding hydrogens is 286 g/mol. The fourth-order valence-corrected chi connectivity index (χ4v) is 2.70. The number of anilines is 1. The summed E-state index contributed by atoms with van der Waals surface area (Å²) in [6.45, 7) is 1.84. The molecule has 1 amide bonds. The smallest absolute Gasteiger partial charge is 0.241 e. The number of nitrogens with zero attached hydrogens (tertiary/aromatic N) is 2. The Morgan fingerprint density at radius 2 is 1.64 bits per heavy atom. The van der Waals surface area contributed by atoms with Gasteiger partial charge in [0.2, 0.25) is 5.91 Å². The van der Waals surface area contributed by atoms with E-state index in [1.807, 2.05) is 35.2 Å². The Kier molecular flexibility index (Phi) is 4.15. The lowest BCUT2D eigenvalue weighted by Crippen LogP contribution is -2.50. The van der Waals surface area contributed by atoms with Crippen molar-refractivity contribution in [2.24, 2.45) is 0 Å². The molecule has 3 nitrogen and oxygen atoms in total. The molecule has 0 saturated carbocycles. The van der Waals surface area contributed by atoms with Gasteiger partial charge in [0.1, 0.15) is 11.6 Å². The highest BCUT2D eigenvalue weighted by Gasteiger charge is 2.25. The van der Waals surface area contributed by atoms with Gasteiger partial charge in [-0.05, 0) is 29.8 Å². The van der Waals surface area contributed by atoms with Crippen LogP contribution >= 0.6 is 0 Å². The van der Waals surface area contributed by atoms with E-state index in [-0.39, 0.29) is 12.5 Å². The van der Waals surface area contributed by atoms with Gasteiger partial charge < -0.3 is 4.90 Å². The van der Waals surface area contributed by atoms with Crippen molar-refractivity contribution in [1.29, 1.82) is 0 Å². The predicted molar refractivity (Wildman–Crippen MR) is 80.4 cm³/mol. The first-order valence-electron chi connectivity index (χ1n) is 7.14. The van der Waals surface area contributed by atoms with Gasteiger partial charge in [0.15, 0.2) is 0 Å². The second-order valence-corrected chi connectivity index (χ2v) is 5.37. The molecule has 0 spiro atoms. The average Bonchev–Trinajstić information content (AvgIpc) is 2.47. The summed E-state index contributed by atoms with van der Waals surface area (Å²) in [7, 11) is 0. The van der Waals surface area contributed by atoms with E-state index in [1.54, 1.807) is 4.90 Å². The molecule has 0 aliphatic carbocycles. The third kappa shape index (κ3) is 3.31. The van der Waals surface area contributed by atoms with E-state index in [9.17, 15) is 13.6 Å². The number of hydrogen-bond acceptors (Lipinski definition) is 2. The molecule has 0 aromatic heterocycles. The van der Waals surface area contributed by atoms with E-state index in [2.05, 4.69) is 0 Å². The van der Waals surface area contributed by atoms with Gasteiger partial charge in [-0.2, -0.15) is 0 Å². The molecule has 0 unspecified atom stereocenters. The Balaban J connectivity index is 1.66. The van der Waals surface area contributed by atoms with Gasteiger partial charge in [0, 0.05) is 31.4 Å². The molecule has 114 valence electrons. The topological polar surface area (TPSA) is 23.6 Å². The minimum absolute atomic E-state index is 0.00525. The van der Waals surface area contributed by atoms with Crippen molar-refractivity contribution in [2.75, 3.05) is 24.5 Å². The Labute approximate surface area is 127 Å². The largest absolute Gasteiger partial charge is 0.310 e. The summed E-state index contributed by atoms with van der Waals surface area (Å²) < 4.78 is 26.4. The van der Waals surface area contributed by atoms with Crippen molar-refractivity contribution >= 4 is 11.6 Å². The zero-order valence-electron chi connectivity index (χ0n) is 12.0. The Morgan fingerprint density at radius 1 is 0.955 bits per heavy atom. The lowest BCUT2D eigenvalue weighted by molar-refractivity contribution is -0.121. The minimum Gasteiger partial charge on any atom is -0.310 e. The van der Waals surface area contributed by atoms with Gasteiger partial charge >= 0.3 is 0 Å². The number of piperazine rings is 1. The van der Waals surface area contributed by atoms with Gasteiger partial charge in [-0.3, -0.25) is 9.69 Å². The van der Waals surface area contributed by atoms with Crippen molar-refractivity contribution in [3.8, 4) is 0 Å². The number of carbonyl (C=O) groups excluding carboxylic acids is 1. The normalized spacial score (nSPS) is 16.1. The van der Waals surface area contributed by atoms with Crippen LogP contribution in [0.4, 0.5) is 14.5 Å². The minimum atomic E-state index is -0.593. The molecule has 1 fully saturated rings. The highest BCUT2D eigenvalue weighted by atomic mass is 19.1. The van der Waals surface area contributed by atoms with E-state index < -0.39 is 11.6 Å². The van der Waals surface area contributed by atoms with Crippen LogP contribution in [0.3, 0.4) is 0 Å². The summed E-state index contributed by atoms with van der Waals surface area (Å²) in [6.07, 6.45) is 0. The number of halogens is 2. The van der Waals surface area contributed by atoms with Gasteiger partial charge in [-0.15, -0.1) is 0 Å². The number of carbonyl (C=O) groups is 1. The average molecular weight is 302 g/mol. The lowest BCUT2D eigenvalue weighted by Gasteiger charge is -2.34. The number of para-hydroxylation sites is 1. The van der Waals surface area contributed by atoms with Gasteiger partial charge in [-0.1, -0.05) is 18.2 Å². The van der Waals surface area contributed by atoms with Crippen molar-refractivity contribution in [3.05, 3.63) is 65.7 Å². The summed E-state index contributed by atoms with van der Waals surface area (Å²) in [5.74, 6) is -1.19. The monoisotopic (exact) mass is 302 g/mol. The van der Waals surface area contributed by atoms with Gasteiger partial charge in [0.05, 0.1) is 6.54 Å². The number of amides is 1. The molecular formula is C17H16F2N2O. The fourth-order valence-electron chi connectivity index (χ4n) is 2.70. The second-order valence-electron chi connectivity index (χ2n) is 5.37. The number of rotatable bonds is 3. The van der Waals surface area contributed by atoms with E-state index in [1.165, 1.54) is 12.1 Å². The van der Waals surface area contributed by atoms with Crippen LogP contribution < -0.4 is 4.90 Å². The molecule has 1 saturated heterocycles. The maximum Gasteiger partial charge on any atom is 0.241 e. The molecule has 1 aliphatic rings. The van der Waals surface area contributed by atoms with Gasteiger partial charge in [-0.25, -0.2) is 8.78 Å². The van der Waals surface area contributed by atoms with Crippen LogP contribution in [0, 0.1) is 11.6 Å². The van der Waals surface area contributed by atoms with Crippen LogP contribution in [0.25, 0.3) is 0 Å². The third-order valence-corrected chi connectivity index (χ3v) is 3.70. The molecule has 22 heavy (non-hydrogen) atoms. The highest BCUT2D eigenvalue weighted by molar-refractivity contribution is 5.95. The molecule has 0 bridgehead atoms. The van der Waals surface area contributed by atoms with Gasteiger partial charge in [0.25, 0.3) is 0 Å². The summed E-state index contributed by atoms with van der Waals surface area (Å²) >= 11 is 0. The SMILES string of the molecule is O=C1CN(Cc2cc(F)cc(F)c2)CCN1c1ccccc1. The quantitative estimate of drug-likeness (QED) is 0.870. The Bertz CT molecular complexity index is 655. The highest BCUT2D eigenvalue weighted by Crippen LogP contribution is 2.18. The molecule has 2 aromatic carbocycles. The summed E-state index contributed by atoms with van der Waals surface area (Å²) in [5, 5.41) is 0. The molecule has 1 heterocycles. The van der Waals surface area contributed by atoms with E-state index in [4.69, 9.17) is 0 Å². The maximum absolute atomic E-state index is 13.2. The molecule has 0 N–H and O–H groups in total. The first kappa shape index (κ1) is 14.7. The summed E-state index contributed by atoms with van der Waals surface area (Å²) in [6, 6.07) is 12.9. The molecule has 5 heteroatoms.